The molecule has 13 aromatic carbocycles. The minimum atomic E-state index is -1.18. The number of hydrogen-bond donors (Lipinski definition) is 6. The second kappa shape index (κ2) is 52.6. The summed E-state index contributed by atoms with van der Waals surface area (Å²) in [6.45, 7) is 11.2. The lowest BCUT2D eigenvalue weighted by Gasteiger charge is -2.16. The first-order chi connectivity index (χ1) is 69.4. The number of carboxylic acid groups (broad SMARTS) is 2. The number of nitrogens with zero attached hydrogens (tertiary/aromatic N) is 4. The van der Waals surface area contributed by atoms with Gasteiger partial charge >= 0.3 is 36.0 Å². The molecule has 4 aromatic heterocycles. The van der Waals surface area contributed by atoms with E-state index >= 15 is 0 Å². The lowest BCUT2D eigenvalue weighted by atomic mass is 10.1. The lowest BCUT2D eigenvalue weighted by molar-refractivity contribution is -0.144. The molecule has 0 atom stereocenters. The summed E-state index contributed by atoms with van der Waals surface area (Å²) in [4.78, 5) is 113. The molecule has 0 unspecified atom stereocenters. The molecule has 29 nitrogen and oxygen atoms in total. The summed E-state index contributed by atoms with van der Waals surface area (Å²) >= 11 is 0. The Balaban J connectivity index is 0.000000166. The van der Waals surface area contributed by atoms with Crippen molar-refractivity contribution in [2.45, 2.75) is 74.6 Å². The van der Waals surface area contributed by atoms with E-state index in [1.807, 2.05) is 330 Å². The van der Waals surface area contributed by atoms with Crippen LogP contribution in [0.3, 0.4) is 0 Å². The van der Waals surface area contributed by atoms with Crippen molar-refractivity contribution in [1.29, 1.82) is 0 Å². The number of carbonyl (C=O) groups excluding carboxylic acids is 6. The van der Waals surface area contributed by atoms with Gasteiger partial charge in [0.2, 0.25) is 0 Å². The summed E-state index contributed by atoms with van der Waals surface area (Å²) in [6, 6.07) is 107. The van der Waals surface area contributed by atoms with Gasteiger partial charge in [0.15, 0.2) is 45.8 Å². The van der Waals surface area contributed by atoms with E-state index in [-0.39, 0.29) is 110 Å². The van der Waals surface area contributed by atoms with Crippen molar-refractivity contribution in [2.24, 2.45) is 11.7 Å². The number of pyridine rings is 4. The first-order valence-electron chi connectivity index (χ1n) is 45.2. The maximum absolute atomic E-state index is 13.3. The molecule has 144 heavy (non-hydrogen) atoms. The van der Waals surface area contributed by atoms with E-state index in [0.29, 0.717) is 102 Å². The van der Waals surface area contributed by atoms with E-state index in [2.05, 4.69) is 30.6 Å². The van der Waals surface area contributed by atoms with Crippen molar-refractivity contribution in [3.63, 3.8) is 0 Å². The quantitative estimate of drug-likeness (QED) is 0.0130. The number of para-hydroxylation sites is 4. The van der Waals surface area contributed by atoms with Crippen LogP contribution in [0.5, 0.6) is 69.0 Å². The van der Waals surface area contributed by atoms with Crippen LogP contribution < -0.4 is 49.5 Å². The lowest BCUT2D eigenvalue weighted by Crippen LogP contribution is -2.31. The number of nitrogens with two attached hydrogens (primary N) is 1. The molecule has 0 bridgehead atoms. The second-order valence-electron chi connectivity index (χ2n) is 32.2. The number of hydrogen-bond acceptors (Lipinski definition) is 25. The van der Waals surface area contributed by atoms with E-state index in [1.54, 1.807) is 57.2 Å². The molecular weight excluding hydrogens is 1850 g/mol. The van der Waals surface area contributed by atoms with Gasteiger partial charge in [0.25, 0.3) is 11.8 Å². The number of carbonyl (C=O) groups is 8. The number of fused-ring (bicyclic) bond motifs is 4. The summed E-state index contributed by atoms with van der Waals surface area (Å²) in [5.74, 6) is 0.395. The Labute approximate surface area is 835 Å². The molecule has 4 heterocycles. The van der Waals surface area contributed by atoms with Crippen molar-refractivity contribution in [2.75, 3.05) is 26.2 Å². The number of amides is 2. The maximum Gasteiger partial charge on any atom is 0.516 e. The fourth-order valence-corrected chi connectivity index (χ4v) is 14.1. The van der Waals surface area contributed by atoms with Gasteiger partial charge in [-0.05, 0) is 183 Å². The number of aromatic nitrogens is 4. The van der Waals surface area contributed by atoms with Gasteiger partial charge in [-0.25, -0.2) is 34.3 Å². The smallest absolute Gasteiger partial charge is 0.505 e. The third kappa shape index (κ3) is 30.5. The molecule has 17 rings (SSSR count). The molecule has 0 fully saturated rings. The highest BCUT2D eigenvalue weighted by atomic mass is 35.5. The number of aryl methyl sites for hydroxylation is 4. The molecule has 0 aliphatic carbocycles. The summed E-state index contributed by atoms with van der Waals surface area (Å²) in [5.41, 5.74) is 11.7. The molecule has 0 aliphatic rings. The zero-order valence-corrected chi connectivity index (χ0v) is 80.0. The van der Waals surface area contributed by atoms with Gasteiger partial charge in [-0.3, -0.25) is 24.0 Å². The topological polar surface area (TPSA) is 400 Å². The van der Waals surface area contributed by atoms with Crippen LogP contribution in [0, 0.1) is 33.6 Å². The van der Waals surface area contributed by atoms with Gasteiger partial charge in [0.1, 0.15) is 92.1 Å². The molecule has 0 spiro atoms. The van der Waals surface area contributed by atoms with Crippen LogP contribution in [0.4, 0.5) is 4.79 Å². The number of benzene rings is 13. The molecular formula is C114H102ClN7O22. The summed E-state index contributed by atoms with van der Waals surface area (Å²) in [7, 11) is 0. The van der Waals surface area contributed by atoms with Gasteiger partial charge in [0, 0.05) is 65.9 Å². The number of aromatic carboxylic acids is 1. The Morgan fingerprint density at radius 1 is 0.319 bits per heavy atom. The van der Waals surface area contributed by atoms with Crippen molar-refractivity contribution >= 4 is 103 Å². The number of halogens is 1. The van der Waals surface area contributed by atoms with E-state index in [0.717, 1.165) is 49.7 Å². The summed E-state index contributed by atoms with van der Waals surface area (Å²) in [6.07, 6.45) is -1.08. The van der Waals surface area contributed by atoms with Crippen LogP contribution in [0.2, 0.25) is 0 Å². The molecule has 732 valence electrons. The zero-order valence-electron chi connectivity index (χ0n) is 79.2. The number of rotatable bonds is 32. The first kappa shape index (κ1) is 105. The number of nitrogens with one attached hydrogen (secondary N) is 2. The third-order valence-electron chi connectivity index (χ3n) is 21.1. The number of ether oxygens (including phenoxy) is 11. The molecule has 2 amide bonds. The fraction of sp³-hybridized carbons (Fsp3) is 0.140. The Morgan fingerprint density at radius 3 is 0.944 bits per heavy atom. The fourth-order valence-electron chi connectivity index (χ4n) is 14.1. The third-order valence-corrected chi connectivity index (χ3v) is 21.1. The number of aliphatic carboxylic acids is 1. The molecule has 0 saturated carbocycles. The van der Waals surface area contributed by atoms with Crippen LogP contribution in [0.25, 0.3) is 43.1 Å². The highest BCUT2D eigenvalue weighted by Gasteiger charge is 2.28. The van der Waals surface area contributed by atoms with Crippen molar-refractivity contribution < 1.29 is 106 Å². The van der Waals surface area contributed by atoms with E-state index in [9.17, 15) is 48.6 Å². The summed E-state index contributed by atoms with van der Waals surface area (Å²) in [5, 5.41) is 38.9. The standard InChI is InChI=1S/C33H28N2O5.C29H27NO6.C24H19NO4.C19H16N2O5.C9H11NO2.ClH/c1-23-29-19-27(40-26-15-9-4-10-16-26)17-18-28(29)32(39-22-25-13-7-3-8-14-25)31(35-23)33(37)34-20-30(36)38-21-24-11-5-2-6-12-24;1-19(2)17-34-29(32)36-28(31)26-27(33-18-21-10-6-4-7-11-21)24-15-14-23(16-25(24)20(3)30-26)35-22-12-8-5-9-13-22;1-16-21-14-19(29-18-10-6-3-7-11-18)12-13-20(21)23(22(25-16)24(26)27)28-15-17-8-4-2-5-9-17;1-11-15-9-13(26-12-5-3-2-4-6-12)7-8-14(15)18(24)17(21-11)19(25)20-10-16(22)23;10-6-9(11)12-7-8-4-2-1-3-5-8;/h2-19H,20-22H2,1H3,(H,34,37);4-16,19H,17-18H2,1-3H3;2-14H,15H2,1H3,(H,26,27);2-9,24H,10H2,1H3,(H,20,25)(H,22,23);1-5H,6-7,10H2;1H. The van der Waals surface area contributed by atoms with E-state index in [4.69, 9.17) is 62.9 Å². The molecule has 0 saturated heterocycles. The van der Waals surface area contributed by atoms with Crippen molar-refractivity contribution in [3.05, 3.63) is 419 Å². The van der Waals surface area contributed by atoms with Gasteiger partial charge in [-0.15, -0.1) is 12.4 Å². The summed E-state index contributed by atoms with van der Waals surface area (Å²) < 4.78 is 61.9. The number of carboxylic acids is 2. The molecule has 7 N–H and O–H groups in total. The van der Waals surface area contributed by atoms with E-state index < -0.39 is 48.4 Å². The van der Waals surface area contributed by atoms with Crippen LogP contribution in [-0.2, 0) is 66.4 Å². The average Bonchev–Trinajstić information content (AvgIpc) is 0.783. The van der Waals surface area contributed by atoms with Gasteiger partial charge < -0.3 is 83.8 Å². The first-order valence-corrected chi connectivity index (χ1v) is 45.2. The van der Waals surface area contributed by atoms with Crippen LogP contribution in [0.1, 0.15) is 106 Å². The zero-order chi connectivity index (χ0) is 101. The average molecular weight is 1960 g/mol. The minimum Gasteiger partial charge on any atom is -0.505 e. The molecule has 0 radical (unpaired) electrons. The number of esters is 3. The monoisotopic (exact) mass is 1960 g/mol. The highest BCUT2D eigenvalue weighted by molar-refractivity contribution is 6.06. The Hall–Kier alpha value is -18.1. The SMILES string of the molecule is Cc1nc(C(=O)NCC(=O)O)c(O)c2ccc(Oc3ccccc3)cc12.Cc1nc(C(=O)NCC(=O)OCc2ccccc2)c(OCc2ccccc2)c2ccc(Oc3ccccc3)cc12.Cc1nc(C(=O)O)c(OCc2ccccc2)c2ccc(Oc3ccccc3)cc12.Cc1nc(C(=O)OC(=O)OCC(C)C)c(OCc2ccccc2)c2ccc(Oc3ccccc3)cc12.Cl.NCC(=O)OCc1ccccc1. The molecule has 30 heteroatoms. The van der Waals surface area contributed by atoms with Crippen LogP contribution in [0.15, 0.2) is 346 Å². The molecule has 0 aliphatic heterocycles. The predicted molar refractivity (Wildman–Crippen MR) is 546 cm³/mol. The Bertz CT molecular complexity index is 7260. The van der Waals surface area contributed by atoms with Gasteiger partial charge in [-0.2, -0.15) is 0 Å². The Kier molecular flexibility index (Phi) is 38.3. The molecule has 17 aromatic rings. The minimum absolute atomic E-state index is 0. The predicted octanol–water partition coefficient (Wildman–Crippen LogP) is 22.8. The van der Waals surface area contributed by atoms with Crippen molar-refractivity contribution in [3.8, 4) is 69.0 Å². The normalized spacial score (nSPS) is 10.5. The second-order valence-corrected chi connectivity index (χ2v) is 32.2. The van der Waals surface area contributed by atoms with Gasteiger partial charge in [0.05, 0.1) is 13.2 Å². The number of aromatic hydroxyl groups is 1. The maximum atomic E-state index is 13.3. The van der Waals surface area contributed by atoms with E-state index in [1.165, 1.54) is 0 Å². The largest absolute Gasteiger partial charge is 0.516 e. The highest BCUT2D eigenvalue weighted by Crippen LogP contribution is 2.41. The van der Waals surface area contributed by atoms with Crippen LogP contribution >= 0.6 is 12.4 Å². The van der Waals surface area contributed by atoms with Crippen LogP contribution in [-0.4, -0.2) is 109 Å². The Morgan fingerprint density at radius 2 is 0.604 bits per heavy atom. The van der Waals surface area contributed by atoms with Crippen molar-refractivity contribution in [1.82, 2.24) is 30.6 Å². The van der Waals surface area contributed by atoms with Gasteiger partial charge in [-0.1, -0.05) is 238 Å².